The van der Waals surface area contributed by atoms with Gasteiger partial charge in [-0.15, -0.1) is 11.8 Å². The average Bonchev–Trinajstić information content (AvgIpc) is 2.68. The third kappa shape index (κ3) is 1.77. The fourth-order valence-electron chi connectivity index (χ4n) is 1.15. The predicted molar refractivity (Wildman–Crippen MR) is 54.7 cm³/mol. The Morgan fingerprint density at radius 1 is 1.64 bits per heavy atom. The highest BCUT2D eigenvalue weighted by molar-refractivity contribution is 8.14. The summed E-state index contributed by atoms with van der Waals surface area (Å²) >= 11 is 1.46. The van der Waals surface area contributed by atoms with E-state index in [1.54, 1.807) is 12.4 Å². The van der Waals surface area contributed by atoms with Crippen LogP contribution in [-0.4, -0.2) is 32.9 Å². The van der Waals surface area contributed by atoms with E-state index in [0.717, 1.165) is 10.6 Å². The number of carbonyl (C=O) groups is 1. The Kier molecular flexibility index (Phi) is 2.49. The molecule has 0 saturated carbocycles. The molecule has 0 aliphatic carbocycles. The minimum absolute atomic E-state index is 0.513. The first-order chi connectivity index (χ1) is 6.77. The molecular formula is C9H8N2O2S. The van der Waals surface area contributed by atoms with Gasteiger partial charge in [0.1, 0.15) is 5.04 Å². The zero-order chi connectivity index (χ0) is 9.97. The minimum Gasteiger partial charge on any atom is -0.480 e. The van der Waals surface area contributed by atoms with Crippen molar-refractivity contribution in [2.75, 3.05) is 5.75 Å². The highest BCUT2D eigenvalue weighted by Crippen LogP contribution is 2.22. The molecule has 0 aromatic carbocycles. The number of aliphatic carboxylic acids is 1. The summed E-state index contributed by atoms with van der Waals surface area (Å²) in [5.41, 5.74) is 0.890. The molecule has 5 heteroatoms. The van der Waals surface area contributed by atoms with E-state index < -0.39 is 12.0 Å². The lowest BCUT2D eigenvalue weighted by molar-refractivity contribution is -0.137. The van der Waals surface area contributed by atoms with Gasteiger partial charge >= 0.3 is 5.97 Å². The molecule has 14 heavy (non-hydrogen) atoms. The molecule has 0 unspecified atom stereocenters. The maximum atomic E-state index is 10.6. The zero-order valence-electron chi connectivity index (χ0n) is 7.25. The van der Waals surface area contributed by atoms with Crippen molar-refractivity contribution in [2.24, 2.45) is 4.99 Å². The van der Waals surface area contributed by atoms with Crippen LogP contribution in [0.1, 0.15) is 5.56 Å². The second-order valence-electron chi connectivity index (χ2n) is 2.84. The van der Waals surface area contributed by atoms with Gasteiger partial charge in [-0.25, -0.2) is 4.79 Å². The molecule has 1 atom stereocenters. The number of carboxylic acids is 1. The van der Waals surface area contributed by atoms with Gasteiger partial charge in [-0.2, -0.15) is 0 Å². The van der Waals surface area contributed by atoms with Crippen LogP contribution >= 0.6 is 11.8 Å². The Morgan fingerprint density at radius 2 is 2.50 bits per heavy atom. The molecule has 1 aliphatic rings. The van der Waals surface area contributed by atoms with Crippen molar-refractivity contribution in [3.8, 4) is 0 Å². The minimum atomic E-state index is -0.864. The Hall–Kier alpha value is -1.36. The molecule has 0 bridgehead atoms. The first-order valence-electron chi connectivity index (χ1n) is 4.11. The molecule has 0 radical (unpaired) electrons. The van der Waals surface area contributed by atoms with Gasteiger partial charge in [0.05, 0.1) is 0 Å². The normalized spacial score (nSPS) is 20.6. The SMILES string of the molecule is O=C(O)[C@@H]1CSC(c2cccnc2)=N1. The van der Waals surface area contributed by atoms with Gasteiger partial charge in [0.15, 0.2) is 6.04 Å². The summed E-state index contributed by atoms with van der Waals surface area (Å²) in [6.07, 6.45) is 3.37. The van der Waals surface area contributed by atoms with Gasteiger partial charge in [-0.3, -0.25) is 9.98 Å². The van der Waals surface area contributed by atoms with E-state index in [9.17, 15) is 4.79 Å². The van der Waals surface area contributed by atoms with Crippen LogP contribution in [0.4, 0.5) is 0 Å². The van der Waals surface area contributed by atoms with Crippen molar-refractivity contribution in [3.63, 3.8) is 0 Å². The van der Waals surface area contributed by atoms with Gasteiger partial charge in [-0.05, 0) is 12.1 Å². The lowest BCUT2D eigenvalue weighted by atomic mass is 10.3. The van der Waals surface area contributed by atoms with Gasteiger partial charge in [0.2, 0.25) is 0 Å². The molecule has 1 N–H and O–H groups in total. The molecule has 1 aromatic heterocycles. The molecule has 1 aliphatic heterocycles. The number of pyridine rings is 1. The summed E-state index contributed by atoms with van der Waals surface area (Å²) in [4.78, 5) is 18.7. The largest absolute Gasteiger partial charge is 0.480 e. The maximum Gasteiger partial charge on any atom is 0.329 e. The van der Waals surface area contributed by atoms with Gasteiger partial charge in [-0.1, -0.05) is 0 Å². The smallest absolute Gasteiger partial charge is 0.329 e. The van der Waals surface area contributed by atoms with E-state index in [2.05, 4.69) is 9.98 Å². The van der Waals surface area contributed by atoms with E-state index in [1.165, 1.54) is 11.8 Å². The third-order valence-corrected chi connectivity index (χ3v) is 2.94. The Balaban J connectivity index is 2.22. The molecule has 2 heterocycles. The van der Waals surface area contributed by atoms with E-state index in [-0.39, 0.29) is 0 Å². The topological polar surface area (TPSA) is 62.5 Å². The summed E-state index contributed by atoms with van der Waals surface area (Å²) in [6.45, 7) is 0. The van der Waals surface area contributed by atoms with Crippen molar-refractivity contribution in [2.45, 2.75) is 6.04 Å². The molecular weight excluding hydrogens is 200 g/mol. The van der Waals surface area contributed by atoms with Gasteiger partial charge < -0.3 is 5.11 Å². The summed E-state index contributed by atoms with van der Waals surface area (Å²) in [7, 11) is 0. The lowest BCUT2D eigenvalue weighted by Crippen LogP contribution is -2.17. The number of aromatic nitrogens is 1. The van der Waals surface area contributed by atoms with Crippen LogP contribution in [0.5, 0.6) is 0 Å². The first kappa shape index (κ1) is 9.21. The lowest BCUT2D eigenvalue weighted by Gasteiger charge is -1.96. The monoisotopic (exact) mass is 208 g/mol. The van der Waals surface area contributed by atoms with Crippen molar-refractivity contribution >= 4 is 22.8 Å². The summed E-state index contributed by atoms with van der Waals surface area (Å²) in [5, 5.41) is 9.51. The highest BCUT2D eigenvalue weighted by Gasteiger charge is 2.24. The number of aliphatic imine (C=N–C) groups is 1. The first-order valence-corrected chi connectivity index (χ1v) is 5.10. The quantitative estimate of drug-likeness (QED) is 0.788. The number of rotatable bonds is 2. The van der Waals surface area contributed by atoms with Crippen LogP contribution < -0.4 is 0 Å². The van der Waals surface area contributed by atoms with E-state index in [4.69, 9.17) is 5.11 Å². The fourth-order valence-corrected chi connectivity index (χ4v) is 2.17. The van der Waals surface area contributed by atoms with Crippen LogP contribution in [0.3, 0.4) is 0 Å². The number of hydrogen-bond acceptors (Lipinski definition) is 4. The van der Waals surface area contributed by atoms with Crippen molar-refractivity contribution < 1.29 is 9.90 Å². The van der Waals surface area contributed by atoms with Crippen LogP contribution in [0, 0.1) is 0 Å². The van der Waals surface area contributed by atoms with Crippen LogP contribution in [0.25, 0.3) is 0 Å². The average molecular weight is 208 g/mol. The molecule has 0 fully saturated rings. The molecule has 2 rings (SSSR count). The van der Waals surface area contributed by atoms with Crippen LogP contribution in [0.2, 0.25) is 0 Å². The number of carboxylic acid groups (broad SMARTS) is 1. The molecule has 4 nitrogen and oxygen atoms in total. The number of hydrogen-bond donors (Lipinski definition) is 1. The molecule has 1 aromatic rings. The number of thioether (sulfide) groups is 1. The summed E-state index contributed by atoms with van der Waals surface area (Å²) in [6, 6.07) is 3.09. The van der Waals surface area contributed by atoms with E-state index >= 15 is 0 Å². The van der Waals surface area contributed by atoms with Crippen LogP contribution in [0.15, 0.2) is 29.5 Å². The highest BCUT2D eigenvalue weighted by atomic mass is 32.2. The van der Waals surface area contributed by atoms with Crippen molar-refractivity contribution in [1.82, 2.24) is 4.98 Å². The maximum absolute atomic E-state index is 10.6. The molecule has 72 valence electrons. The molecule has 0 saturated heterocycles. The summed E-state index contributed by atoms with van der Waals surface area (Å²) < 4.78 is 0. The fraction of sp³-hybridized carbons (Fsp3) is 0.222. The standard InChI is InChI=1S/C9H8N2O2S/c12-9(13)7-5-14-8(11-7)6-2-1-3-10-4-6/h1-4,7H,5H2,(H,12,13)/t7-/m0/s1. The predicted octanol–water partition coefficient (Wildman–Crippen LogP) is 1.03. The van der Waals surface area contributed by atoms with Gasteiger partial charge in [0.25, 0.3) is 0 Å². The third-order valence-electron chi connectivity index (χ3n) is 1.84. The zero-order valence-corrected chi connectivity index (χ0v) is 8.07. The second-order valence-corrected chi connectivity index (χ2v) is 3.85. The Bertz CT molecular complexity index is 378. The van der Waals surface area contributed by atoms with E-state index in [1.807, 2.05) is 12.1 Å². The van der Waals surface area contributed by atoms with E-state index in [0.29, 0.717) is 5.75 Å². The molecule has 0 spiro atoms. The Morgan fingerprint density at radius 3 is 3.07 bits per heavy atom. The second kappa shape index (κ2) is 3.79. The molecule has 0 amide bonds. The van der Waals surface area contributed by atoms with Crippen molar-refractivity contribution in [3.05, 3.63) is 30.1 Å². The van der Waals surface area contributed by atoms with Crippen LogP contribution in [-0.2, 0) is 4.79 Å². The summed E-state index contributed by atoms with van der Waals surface area (Å²) in [5.74, 6) is -0.351. The van der Waals surface area contributed by atoms with Crippen molar-refractivity contribution in [1.29, 1.82) is 0 Å². The number of nitrogens with zero attached hydrogens (tertiary/aromatic N) is 2. The Labute approximate surface area is 85.1 Å². The van der Waals surface area contributed by atoms with Gasteiger partial charge in [0, 0.05) is 23.7 Å².